The number of halogens is 1. The Morgan fingerprint density at radius 3 is 2.43 bits per heavy atom. The molecule has 0 spiro atoms. The number of hydrogen-bond donors (Lipinski definition) is 1. The lowest BCUT2D eigenvalue weighted by molar-refractivity contribution is 0.113. The number of nitrogens with zero attached hydrogens (tertiary/aromatic N) is 2. The minimum Gasteiger partial charge on any atom is -0.377 e. The van der Waals surface area contributed by atoms with E-state index in [0.29, 0.717) is 31.0 Å². The molecule has 0 aliphatic carbocycles. The van der Waals surface area contributed by atoms with Crippen LogP contribution >= 0.6 is 0 Å². The second-order valence-electron chi connectivity index (χ2n) is 6.71. The molecule has 4 rings (SSSR count). The molecule has 2 N–H and O–H groups in total. The zero-order valence-corrected chi connectivity index (χ0v) is 15.5. The highest BCUT2D eigenvalue weighted by molar-refractivity contribution is 5.78. The molecule has 4 aromatic rings. The molecule has 1 atom stereocenters. The van der Waals surface area contributed by atoms with Crippen molar-refractivity contribution in [1.29, 1.82) is 0 Å². The first kappa shape index (κ1) is 18.3. The van der Waals surface area contributed by atoms with Crippen LogP contribution in [0.5, 0.6) is 0 Å². The Morgan fingerprint density at radius 2 is 1.68 bits per heavy atom. The van der Waals surface area contributed by atoms with E-state index < -0.39 is 0 Å². The molecule has 1 aromatic heterocycles. The van der Waals surface area contributed by atoms with E-state index in [2.05, 4.69) is 4.98 Å². The molecular weight excluding hydrogens is 353 g/mol. The van der Waals surface area contributed by atoms with Gasteiger partial charge in [0.15, 0.2) is 0 Å². The van der Waals surface area contributed by atoms with E-state index >= 15 is 0 Å². The fourth-order valence-electron chi connectivity index (χ4n) is 3.27. The van der Waals surface area contributed by atoms with Crippen molar-refractivity contribution in [2.45, 2.75) is 19.1 Å². The lowest BCUT2D eigenvalue weighted by Gasteiger charge is -2.15. The lowest BCUT2D eigenvalue weighted by Crippen LogP contribution is -2.18. The molecule has 142 valence electrons. The van der Waals surface area contributed by atoms with E-state index in [1.165, 1.54) is 12.1 Å². The summed E-state index contributed by atoms with van der Waals surface area (Å²) >= 11 is 0. The number of ether oxygens (including phenoxy) is 1. The minimum atomic E-state index is -0.327. The van der Waals surface area contributed by atoms with E-state index in [1.54, 1.807) is 6.07 Å². The molecule has 0 radical (unpaired) electrons. The summed E-state index contributed by atoms with van der Waals surface area (Å²) in [5.41, 5.74) is 9.93. The Bertz CT molecular complexity index is 1050. The van der Waals surface area contributed by atoms with Crippen LogP contribution in [0.3, 0.4) is 0 Å². The van der Waals surface area contributed by atoms with Crippen molar-refractivity contribution >= 4 is 11.0 Å². The first-order valence-corrected chi connectivity index (χ1v) is 9.33. The van der Waals surface area contributed by atoms with Gasteiger partial charge in [-0.25, -0.2) is 9.37 Å². The van der Waals surface area contributed by atoms with Gasteiger partial charge < -0.3 is 10.5 Å². The molecule has 28 heavy (non-hydrogen) atoms. The number of para-hydroxylation sites is 1. The van der Waals surface area contributed by atoms with Gasteiger partial charge in [-0.2, -0.15) is 0 Å². The number of fused-ring (bicyclic) bond motifs is 1. The van der Waals surface area contributed by atoms with E-state index in [4.69, 9.17) is 10.5 Å². The van der Waals surface area contributed by atoms with Gasteiger partial charge in [0.05, 0.1) is 23.7 Å². The molecule has 0 fully saturated rings. The summed E-state index contributed by atoms with van der Waals surface area (Å²) < 4.78 is 21.6. The molecule has 3 aromatic carbocycles. The molecule has 0 saturated carbocycles. The third kappa shape index (κ3) is 3.96. The Labute approximate surface area is 163 Å². The van der Waals surface area contributed by atoms with Crippen LogP contribution in [-0.4, -0.2) is 16.2 Å². The highest BCUT2D eigenvalue weighted by Gasteiger charge is 2.18. The van der Waals surface area contributed by atoms with Crippen molar-refractivity contribution in [2.75, 3.05) is 6.61 Å². The van der Waals surface area contributed by atoms with Gasteiger partial charge in [0.1, 0.15) is 11.6 Å². The number of nitrogens with two attached hydrogens (primary N) is 1. The first-order chi connectivity index (χ1) is 13.7. The summed E-state index contributed by atoms with van der Waals surface area (Å²) in [5.74, 6) is 0.408. The maximum atomic E-state index is 13.9. The topological polar surface area (TPSA) is 53.1 Å². The quantitative estimate of drug-likeness (QED) is 0.473. The normalized spacial score (nSPS) is 12.4. The molecular formula is C23H22FN3O. The Morgan fingerprint density at radius 1 is 0.964 bits per heavy atom. The first-order valence-electron chi connectivity index (χ1n) is 9.33. The van der Waals surface area contributed by atoms with Crippen LogP contribution < -0.4 is 5.73 Å². The van der Waals surface area contributed by atoms with Gasteiger partial charge in [-0.05, 0) is 36.2 Å². The number of benzene rings is 3. The molecule has 4 nitrogen and oxygen atoms in total. The van der Waals surface area contributed by atoms with Crippen molar-refractivity contribution < 1.29 is 9.13 Å². The fourth-order valence-corrected chi connectivity index (χ4v) is 3.27. The monoisotopic (exact) mass is 375 g/mol. The van der Waals surface area contributed by atoms with Crippen LogP contribution in [0.25, 0.3) is 16.7 Å². The second-order valence-corrected chi connectivity index (χ2v) is 6.71. The van der Waals surface area contributed by atoms with Crippen molar-refractivity contribution in [3.63, 3.8) is 0 Å². The smallest absolute Gasteiger partial charge is 0.131 e. The zero-order valence-electron chi connectivity index (χ0n) is 15.5. The van der Waals surface area contributed by atoms with Gasteiger partial charge in [-0.15, -0.1) is 0 Å². The average molecular weight is 375 g/mol. The standard InChI is InChI=1S/C23H22FN3O/c24-18-11-12-21-22(15-18)27(19-9-5-2-6-10-19)23(26-21)20(25)13-14-28-16-17-7-3-1-4-8-17/h1-12,15,20H,13-14,16,25H2/t20-/m0/s1. The molecule has 5 heteroatoms. The van der Waals surface area contributed by atoms with Gasteiger partial charge >= 0.3 is 0 Å². The second kappa shape index (κ2) is 8.33. The van der Waals surface area contributed by atoms with E-state index in [0.717, 1.165) is 16.8 Å². The van der Waals surface area contributed by atoms with E-state index in [-0.39, 0.29) is 11.9 Å². The van der Waals surface area contributed by atoms with Gasteiger partial charge in [0, 0.05) is 18.4 Å². The highest BCUT2D eigenvalue weighted by atomic mass is 19.1. The van der Waals surface area contributed by atoms with Crippen LogP contribution in [-0.2, 0) is 11.3 Å². The molecule has 0 amide bonds. The highest BCUT2D eigenvalue weighted by Crippen LogP contribution is 2.26. The Kier molecular flexibility index (Phi) is 5.46. The zero-order chi connectivity index (χ0) is 19.3. The SMILES string of the molecule is N[C@@H](CCOCc1ccccc1)c1nc2ccc(F)cc2n1-c1ccccc1. The number of imidazole rings is 1. The van der Waals surface area contributed by atoms with Crippen LogP contribution in [0.4, 0.5) is 4.39 Å². The average Bonchev–Trinajstić information content (AvgIpc) is 3.11. The lowest BCUT2D eigenvalue weighted by atomic mass is 10.2. The number of hydrogen-bond acceptors (Lipinski definition) is 3. The predicted molar refractivity (Wildman–Crippen MR) is 109 cm³/mol. The van der Waals surface area contributed by atoms with E-state index in [9.17, 15) is 4.39 Å². The molecule has 0 saturated heterocycles. The van der Waals surface area contributed by atoms with Gasteiger partial charge in [-0.1, -0.05) is 48.5 Å². The Balaban J connectivity index is 1.55. The Hall–Kier alpha value is -3.02. The largest absolute Gasteiger partial charge is 0.377 e. The predicted octanol–water partition coefficient (Wildman–Crippen LogP) is 4.77. The maximum absolute atomic E-state index is 13.9. The number of aromatic nitrogens is 2. The van der Waals surface area contributed by atoms with Crippen molar-refractivity contribution in [3.8, 4) is 5.69 Å². The van der Waals surface area contributed by atoms with Crippen molar-refractivity contribution in [1.82, 2.24) is 9.55 Å². The van der Waals surface area contributed by atoms with Gasteiger partial charge in [0.2, 0.25) is 0 Å². The van der Waals surface area contributed by atoms with Crippen LogP contribution in [0.2, 0.25) is 0 Å². The molecule has 0 aliphatic rings. The van der Waals surface area contributed by atoms with Crippen LogP contribution in [0.1, 0.15) is 23.9 Å². The summed E-state index contributed by atoms with van der Waals surface area (Å²) in [5, 5.41) is 0. The van der Waals surface area contributed by atoms with Crippen molar-refractivity contribution in [2.24, 2.45) is 5.73 Å². The van der Waals surface area contributed by atoms with Crippen LogP contribution in [0, 0.1) is 5.82 Å². The van der Waals surface area contributed by atoms with Gasteiger partial charge in [0.25, 0.3) is 0 Å². The van der Waals surface area contributed by atoms with Gasteiger partial charge in [-0.3, -0.25) is 4.57 Å². The summed E-state index contributed by atoms with van der Waals surface area (Å²) in [6, 6.07) is 24.1. The maximum Gasteiger partial charge on any atom is 0.131 e. The molecule has 0 aliphatic heterocycles. The van der Waals surface area contributed by atoms with E-state index in [1.807, 2.05) is 65.2 Å². The molecule has 0 unspecified atom stereocenters. The van der Waals surface area contributed by atoms with Crippen molar-refractivity contribution in [3.05, 3.63) is 96.1 Å². The minimum absolute atomic E-state index is 0.295. The molecule has 0 bridgehead atoms. The van der Waals surface area contributed by atoms with Crippen LogP contribution in [0.15, 0.2) is 78.9 Å². The summed E-state index contributed by atoms with van der Waals surface area (Å²) in [7, 11) is 0. The number of rotatable bonds is 7. The summed E-state index contributed by atoms with van der Waals surface area (Å²) in [4.78, 5) is 4.68. The third-order valence-electron chi connectivity index (χ3n) is 4.67. The summed E-state index contributed by atoms with van der Waals surface area (Å²) in [6.45, 7) is 1.07. The third-order valence-corrected chi connectivity index (χ3v) is 4.67. The summed E-state index contributed by atoms with van der Waals surface area (Å²) in [6.07, 6.45) is 0.617. The fraction of sp³-hybridized carbons (Fsp3) is 0.174. The molecule has 1 heterocycles.